The SMILES string of the molecule is CCCNC(=O)N(CCN1CCOCC1)CC(=O)N1N=C(c2ccccc2Cl)CC1c1ccccc1Cl. The average Bonchev–Trinajstić information content (AvgIpc) is 3.35. The van der Waals surface area contributed by atoms with Crippen LogP contribution >= 0.6 is 23.2 Å². The third kappa shape index (κ3) is 7.02. The number of hydrogen-bond donors (Lipinski definition) is 1. The molecule has 37 heavy (non-hydrogen) atoms. The lowest BCUT2D eigenvalue weighted by Gasteiger charge is -2.31. The Morgan fingerprint density at radius 1 is 1.08 bits per heavy atom. The van der Waals surface area contributed by atoms with Crippen LogP contribution in [-0.2, 0) is 9.53 Å². The fourth-order valence-corrected chi connectivity index (χ4v) is 5.01. The van der Waals surface area contributed by atoms with Gasteiger partial charge in [-0.05, 0) is 24.1 Å². The van der Waals surface area contributed by atoms with Gasteiger partial charge in [-0.3, -0.25) is 9.69 Å². The molecule has 0 radical (unpaired) electrons. The van der Waals surface area contributed by atoms with Gasteiger partial charge in [0.15, 0.2) is 0 Å². The van der Waals surface area contributed by atoms with E-state index in [1.165, 1.54) is 5.01 Å². The lowest BCUT2D eigenvalue weighted by Crippen LogP contribution is -2.49. The number of ether oxygens (including phenoxy) is 1. The summed E-state index contributed by atoms with van der Waals surface area (Å²) in [5.41, 5.74) is 2.29. The van der Waals surface area contributed by atoms with Gasteiger partial charge in [0.25, 0.3) is 5.91 Å². The Morgan fingerprint density at radius 3 is 2.49 bits per heavy atom. The Bertz CT molecular complexity index is 1120. The highest BCUT2D eigenvalue weighted by Gasteiger charge is 2.36. The number of nitrogens with zero attached hydrogens (tertiary/aromatic N) is 4. The van der Waals surface area contributed by atoms with Gasteiger partial charge in [0.1, 0.15) is 6.54 Å². The summed E-state index contributed by atoms with van der Waals surface area (Å²) in [5.74, 6) is -0.277. The summed E-state index contributed by atoms with van der Waals surface area (Å²) in [5, 5.41) is 10.2. The van der Waals surface area contributed by atoms with Gasteiger partial charge in [0.05, 0.1) is 25.0 Å². The van der Waals surface area contributed by atoms with Gasteiger partial charge < -0.3 is 15.0 Å². The molecule has 4 rings (SSSR count). The second-order valence-corrected chi connectivity index (χ2v) is 9.93. The van der Waals surface area contributed by atoms with Gasteiger partial charge in [0, 0.05) is 54.8 Å². The third-order valence-corrected chi connectivity index (χ3v) is 7.22. The summed E-state index contributed by atoms with van der Waals surface area (Å²) in [6.07, 6.45) is 1.28. The third-order valence-electron chi connectivity index (χ3n) is 6.54. The number of hydrazone groups is 1. The molecule has 0 aliphatic carbocycles. The van der Waals surface area contributed by atoms with Crippen LogP contribution in [0.4, 0.5) is 4.79 Å². The molecule has 1 atom stereocenters. The molecule has 1 saturated heterocycles. The fraction of sp³-hybridized carbons (Fsp3) is 0.444. The van der Waals surface area contributed by atoms with Crippen LogP contribution in [0.25, 0.3) is 0 Å². The van der Waals surface area contributed by atoms with Gasteiger partial charge in [-0.1, -0.05) is 66.5 Å². The number of urea groups is 1. The molecule has 0 spiro atoms. The van der Waals surface area contributed by atoms with Crippen LogP contribution in [0.5, 0.6) is 0 Å². The first-order chi connectivity index (χ1) is 18.0. The molecule has 2 heterocycles. The van der Waals surface area contributed by atoms with Crippen LogP contribution in [0.15, 0.2) is 53.6 Å². The fourth-order valence-electron chi connectivity index (χ4n) is 4.50. The van der Waals surface area contributed by atoms with Crippen molar-refractivity contribution in [2.75, 3.05) is 52.5 Å². The number of carbonyl (C=O) groups is 2. The second-order valence-electron chi connectivity index (χ2n) is 9.11. The number of hydrogen-bond acceptors (Lipinski definition) is 5. The van der Waals surface area contributed by atoms with Crippen molar-refractivity contribution in [1.82, 2.24) is 20.1 Å². The van der Waals surface area contributed by atoms with Crippen LogP contribution in [0.3, 0.4) is 0 Å². The highest BCUT2D eigenvalue weighted by atomic mass is 35.5. The van der Waals surface area contributed by atoms with Crippen molar-refractivity contribution < 1.29 is 14.3 Å². The number of morpholine rings is 1. The van der Waals surface area contributed by atoms with E-state index in [2.05, 4.69) is 10.2 Å². The molecule has 10 heteroatoms. The largest absolute Gasteiger partial charge is 0.379 e. The first-order valence-corrected chi connectivity index (χ1v) is 13.4. The number of rotatable bonds is 9. The highest BCUT2D eigenvalue weighted by molar-refractivity contribution is 6.34. The average molecular weight is 546 g/mol. The molecule has 2 aliphatic rings. The smallest absolute Gasteiger partial charge is 0.317 e. The lowest BCUT2D eigenvalue weighted by molar-refractivity contribution is -0.133. The minimum Gasteiger partial charge on any atom is -0.379 e. The van der Waals surface area contributed by atoms with Gasteiger partial charge in [-0.2, -0.15) is 5.10 Å². The Morgan fingerprint density at radius 2 is 1.78 bits per heavy atom. The van der Waals surface area contributed by atoms with Crippen molar-refractivity contribution >= 4 is 40.9 Å². The molecule has 2 aromatic carbocycles. The van der Waals surface area contributed by atoms with E-state index in [9.17, 15) is 9.59 Å². The Balaban J connectivity index is 1.57. The summed E-state index contributed by atoms with van der Waals surface area (Å²) >= 11 is 13.0. The minimum absolute atomic E-state index is 0.0971. The molecule has 1 fully saturated rings. The van der Waals surface area contributed by atoms with Gasteiger partial charge in [-0.25, -0.2) is 9.80 Å². The van der Waals surface area contributed by atoms with Crippen LogP contribution in [-0.4, -0.2) is 84.9 Å². The molecule has 1 unspecified atom stereocenters. The summed E-state index contributed by atoms with van der Waals surface area (Å²) in [4.78, 5) is 30.5. The van der Waals surface area contributed by atoms with E-state index in [-0.39, 0.29) is 18.5 Å². The first-order valence-electron chi connectivity index (χ1n) is 12.7. The molecular formula is C27H33Cl2N5O3. The summed E-state index contributed by atoms with van der Waals surface area (Å²) in [7, 11) is 0. The van der Waals surface area contributed by atoms with E-state index < -0.39 is 6.04 Å². The van der Waals surface area contributed by atoms with Crippen molar-refractivity contribution in [2.24, 2.45) is 5.10 Å². The van der Waals surface area contributed by atoms with Crippen molar-refractivity contribution in [1.29, 1.82) is 0 Å². The molecule has 2 aliphatic heterocycles. The molecule has 8 nitrogen and oxygen atoms in total. The van der Waals surface area contributed by atoms with E-state index >= 15 is 0 Å². The first kappa shape index (κ1) is 27.4. The minimum atomic E-state index is -0.396. The van der Waals surface area contributed by atoms with Gasteiger partial charge >= 0.3 is 6.03 Å². The zero-order valence-electron chi connectivity index (χ0n) is 21.0. The van der Waals surface area contributed by atoms with E-state index in [0.29, 0.717) is 55.0 Å². The second kappa shape index (κ2) is 13.2. The molecular weight excluding hydrogens is 513 g/mol. The molecule has 3 amide bonds. The van der Waals surface area contributed by atoms with E-state index in [1.807, 2.05) is 43.3 Å². The lowest BCUT2D eigenvalue weighted by atomic mass is 9.98. The van der Waals surface area contributed by atoms with Crippen LogP contribution in [0.2, 0.25) is 10.0 Å². The zero-order chi connectivity index (χ0) is 26.2. The van der Waals surface area contributed by atoms with Crippen molar-refractivity contribution in [3.8, 4) is 0 Å². The highest BCUT2D eigenvalue weighted by Crippen LogP contribution is 2.37. The van der Waals surface area contributed by atoms with Gasteiger partial charge in [0.2, 0.25) is 0 Å². The number of amides is 3. The summed E-state index contributed by atoms with van der Waals surface area (Å²) in [6, 6.07) is 14.3. The summed E-state index contributed by atoms with van der Waals surface area (Å²) < 4.78 is 5.43. The van der Waals surface area contributed by atoms with Crippen LogP contribution in [0, 0.1) is 0 Å². The van der Waals surface area contributed by atoms with Crippen molar-refractivity contribution in [3.05, 3.63) is 69.7 Å². The quantitative estimate of drug-likeness (QED) is 0.505. The van der Waals surface area contributed by atoms with E-state index in [1.54, 1.807) is 17.0 Å². The van der Waals surface area contributed by atoms with Crippen LogP contribution in [0.1, 0.15) is 36.9 Å². The maximum atomic E-state index is 13.7. The standard InChI is InChI=1S/C27H33Cl2N5O3/c1-2-11-30-27(36)33(13-12-32-14-16-37-17-15-32)19-26(35)34-25(21-8-4-6-10-23(21)29)18-24(31-34)20-7-3-5-9-22(20)28/h3-10,25H,2,11-19H2,1H3,(H,30,36). The number of nitrogens with one attached hydrogen (secondary N) is 1. The number of benzene rings is 2. The van der Waals surface area contributed by atoms with E-state index in [4.69, 9.17) is 33.0 Å². The Labute approximate surface area is 228 Å². The number of carbonyl (C=O) groups excluding carboxylic acids is 2. The maximum absolute atomic E-state index is 13.7. The van der Waals surface area contributed by atoms with Crippen molar-refractivity contribution in [2.45, 2.75) is 25.8 Å². The van der Waals surface area contributed by atoms with Crippen LogP contribution < -0.4 is 5.32 Å². The summed E-state index contributed by atoms with van der Waals surface area (Å²) in [6.45, 7) is 6.50. The zero-order valence-corrected chi connectivity index (χ0v) is 22.5. The molecule has 0 aromatic heterocycles. The molecule has 198 valence electrons. The van der Waals surface area contributed by atoms with Gasteiger partial charge in [-0.15, -0.1) is 0 Å². The molecule has 2 aromatic rings. The molecule has 0 bridgehead atoms. The molecule has 1 N–H and O–H groups in total. The Kier molecular flexibility index (Phi) is 9.80. The van der Waals surface area contributed by atoms with Crippen molar-refractivity contribution in [3.63, 3.8) is 0 Å². The molecule has 0 saturated carbocycles. The van der Waals surface area contributed by atoms with E-state index in [0.717, 1.165) is 30.6 Å². The normalized spacial score (nSPS) is 18.0. The Hall–Kier alpha value is -2.65. The monoisotopic (exact) mass is 545 g/mol. The predicted octanol–water partition coefficient (Wildman–Crippen LogP) is 4.42. The predicted molar refractivity (Wildman–Crippen MR) is 146 cm³/mol. The maximum Gasteiger partial charge on any atom is 0.317 e. The topological polar surface area (TPSA) is 77.5 Å². The number of halogens is 2.